The zero-order valence-corrected chi connectivity index (χ0v) is 12.2. The van der Waals surface area contributed by atoms with Crippen LogP contribution >= 0.6 is 0 Å². The molecule has 106 valence electrons. The number of methoxy groups -OCH3 is 2. The normalized spacial score (nSPS) is 12.3. The Morgan fingerprint density at radius 1 is 1.26 bits per heavy atom. The van der Waals surface area contributed by atoms with E-state index in [-0.39, 0.29) is 11.9 Å². The summed E-state index contributed by atoms with van der Waals surface area (Å²) in [6, 6.07) is 8.06. The Morgan fingerprint density at radius 3 is 2.42 bits per heavy atom. The van der Waals surface area contributed by atoms with Gasteiger partial charge in [0.15, 0.2) is 0 Å². The third-order valence-corrected chi connectivity index (χ3v) is 3.13. The van der Waals surface area contributed by atoms with Crippen molar-refractivity contribution < 1.29 is 14.3 Å². The fourth-order valence-electron chi connectivity index (χ4n) is 1.95. The summed E-state index contributed by atoms with van der Waals surface area (Å²) in [7, 11) is 5.11. The summed E-state index contributed by atoms with van der Waals surface area (Å²) >= 11 is 0. The maximum atomic E-state index is 11.3. The molecule has 1 aromatic rings. The predicted octanol–water partition coefficient (Wildman–Crippen LogP) is 1.98. The molecule has 1 atom stereocenters. The van der Waals surface area contributed by atoms with Crippen molar-refractivity contribution in [3.8, 4) is 5.75 Å². The van der Waals surface area contributed by atoms with Gasteiger partial charge in [0, 0.05) is 13.1 Å². The highest BCUT2D eigenvalue weighted by atomic mass is 16.5. The van der Waals surface area contributed by atoms with Gasteiger partial charge < -0.3 is 14.4 Å². The number of hydrogen-bond acceptors (Lipinski definition) is 4. The number of carbonyl (C=O) groups excluding carboxylic acids is 1. The molecule has 0 bridgehead atoms. The minimum absolute atomic E-state index is 0.0918. The van der Waals surface area contributed by atoms with Gasteiger partial charge in [0.2, 0.25) is 0 Å². The van der Waals surface area contributed by atoms with Crippen molar-refractivity contribution >= 4 is 5.97 Å². The van der Waals surface area contributed by atoms with E-state index >= 15 is 0 Å². The molecule has 0 aliphatic heterocycles. The van der Waals surface area contributed by atoms with Gasteiger partial charge in [-0.15, -0.1) is 0 Å². The molecule has 0 radical (unpaired) electrons. The van der Waals surface area contributed by atoms with E-state index < -0.39 is 0 Å². The van der Waals surface area contributed by atoms with Crippen molar-refractivity contribution in [2.45, 2.75) is 13.3 Å². The first-order valence-corrected chi connectivity index (χ1v) is 6.46. The Hall–Kier alpha value is -1.55. The maximum absolute atomic E-state index is 11.3. The molecule has 0 aliphatic carbocycles. The molecule has 19 heavy (non-hydrogen) atoms. The molecule has 0 heterocycles. The van der Waals surface area contributed by atoms with Crippen LogP contribution < -0.4 is 4.74 Å². The lowest BCUT2D eigenvalue weighted by atomic mass is 10.1. The standard InChI is InChI=1S/C15H23NO3/c1-12(15(17)19-4)11-16(2)10-9-13-5-7-14(18-3)8-6-13/h5-8,12H,9-11H2,1-4H3. The van der Waals surface area contributed by atoms with Crippen LogP contribution in [0.15, 0.2) is 24.3 Å². The van der Waals surface area contributed by atoms with Crippen molar-refractivity contribution in [2.24, 2.45) is 5.92 Å². The summed E-state index contributed by atoms with van der Waals surface area (Å²) < 4.78 is 9.85. The molecule has 1 aromatic carbocycles. The molecule has 0 spiro atoms. The molecule has 0 saturated carbocycles. The van der Waals surface area contributed by atoms with Crippen molar-refractivity contribution in [1.82, 2.24) is 4.90 Å². The number of rotatable bonds is 7. The van der Waals surface area contributed by atoms with Gasteiger partial charge in [-0.1, -0.05) is 19.1 Å². The van der Waals surface area contributed by atoms with Crippen LogP contribution in [-0.4, -0.2) is 45.2 Å². The van der Waals surface area contributed by atoms with Crippen LogP contribution in [0.2, 0.25) is 0 Å². The Labute approximate surface area is 115 Å². The third-order valence-electron chi connectivity index (χ3n) is 3.13. The lowest BCUT2D eigenvalue weighted by Crippen LogP contribution is -2.30. The average molecular weight is 265 g/mol. The fraction of sp³-hybridized carbons (Fsp3) is 0.533. The van der Waals surface area contributed by atoms with Gasteiger partial charge in [0.1, 0.15) is 5.75 Å². The van der Waals surface area contributed by atoms with E-state index in [1.807, 2.05) is 26.1 Å². The summed E-state index contributed by atoms with van der Waals surface area (Å²) in [5.41, 5.74) is 1.26. The molecule has 0 amide bonds. The minimum Gasteiger partial charge on any atom is -0.497 e. The van der Waals surface area contributed by atoms with E-state index in [4.69, 9.17) is 9.47 Å². The SMILES string of the molecule is COC(=O)C(C)CN(C)CCc1ccc(OC)cc1. The predicted molar refractivity (Wildman–Crippen MR) is 75.4 cm³/mol. The van der Waals surface area contributed by atoms with Crippen LogP contribution in [0, 0.1) is 5.92 Å². The number of esters is 1. The minimum atomic E-state index is -0.156. The number of nitrogens with zero attached hydrogens (tertiary/aromatic N) is 1. The first-order chi connectivity index (χ1) is 9.06. The highest BCUT2D eigenvalue weighted by Gasteiger charge is 2.15. The summed E-state index contributed by atoms with van der Waals surface area (Å²) in [4.78, 5) is 13.5. The van der Waals surface area contributed by atoms with Gasteiger partial charge in [0.25, 0.3) is 0 Å². The third kappa shape index (κ3) is 5.30. The number of likely N-dealkylation sites (N-methyl/N-ethyl adjacent to an activating group) is 1. The van der Waals surface area contributed by atoms with Crippen LogP contribution in [0.3, 0.4) is 0 Å². The van der Waals surface area contributed by atoms with E-state index in [2.05, 4.69) is 17.0 Å². The van der Waals surface area contributed by atoms with Crippen molar-refractivity contribution in [2.75, 3.05) is 34.4 Å². The second-order valence-electron chi connectivity index (χ2n) is 4.78. The van der Waals surface area contributed by atoms with Crippen molar-refractivity contribution in [3.05, 3.63) is 29.8 Å². The van der Waals surface area contributed by atoms with E-state index in [0.29, 0.717) is 6.54 Å². The van der Waals surface area contributed by atoms with E-state index in [1.54, 1.807) is 7.11 Å². The van der Waals surface area contributed by atoms with E-state index in [1.165, 1.54) is 12.7 Å². The van der Waals surface area contributed by atoms with E-state index in [0.717, 1.165) is 18.7 Å². The Balaban J connectivity index is 2.36. The second-order valence-corrected chi connectivity index (χ2v) is 4.78. The topological polar surface area (TPSA) is 38.8 Å². The zero-order chi connectivity index (χ0) is 14.3. The molecule has 0 aromatic heterocycles. The molecular formula is C15H23NO3. The van der Waals surface area contributed by atoms with Crippen LogP contribution in [-0.2, 0) is 16.0 Å². The molecule has 0 saturated heterocycles. The first kappa shape index (κ1) is 15.5. The Morgan fingerprint density at radius 2 is 1.89 bits per heavy atom. The molecule has 0 N–H and O–H groups in total. The molecule has 4 heteroatoms. The monoisotopic (exact) mass is 265 g/mol. The van der Waals surface area contributed by atoms with Crippen LogP contribution in [0.4, 0.5) is 0 Å². The molecular weight excluding hydrogens is 242 g/mol. The van der Waals surface area contributed by atoms with E-state index in [9.17, 15) is 4.79 Å². The quantitative estimate of drug-likeness (QED) is 0.707. The van der Waals surface area contributed by atoms with Crippen LogP contribution in [0.5, 0.6) is 5.75 Å². The second kappa shape index (κ2) is 7.79. The molecule has 0 aliphatic rings. The molecule has 1 unspecified atom stereocenters. The largest absolute Gasteiger partial charge is 0.497 e. The summed E-state index contributed by atoms with van der Waals surface area (Å²) in [5.74, 6) is 0.624. The van der Waals surface area contributed by atoms with Gasteiger partial charge in [-0.05, 0) is 31.2 Å². The molecule has 0 fully saturated rings. The van der Waals surface area contributed by atoms with Gasteiger partial charge in [-0.3, -0.25) is 4.79 Å². The molecule has 4 nitrogen and oxygen atoms in total. The number of benzene rings is 1. The zero-order valence-electron chi connectivity index (χ0n) is 12.2. The maximum Gasteiger partial charge on any atom is 0.309 e. The lowest BCUT2D eigenvalue weighted by molar-refractivity contribution is -0.145. The summed E-state index contributed by atoms with van der Waals surface area (Å²) in [6.45, 7) is 3.51. The van der Waals surface area contributed by atoms with Gasteiger partial charge in [0.05, 0.1) is 20.1 Å². The van der Waals surface area contributed by atoms with Crippen LogP contribution in [0.25, 0.3) is 0 Å². The van der Waals surface area contributed by atoms with Crippen molar-refractivity contribution in [3.63, 3.8) is 0 Å². The number of hydrogen-bond donors (Lipinski definition) is 0. The summed E-state index contributed by atoms with van der Waals surface area (Å²) in [6.07, 6.45) is 0.953. The average Bonchev–Trinajstić information content (AvgIpc) is 2.44. The van der Waals surface area contributed by atoms with Crippen LogP contribution in [0.1, 0.15) is 12.5 Å². The smallest absolute Gasteiger partial charge is 0.309 e. The highest BCUT2D eigenvalue weighted by Crippen LogP contribution is 2.12. The van der Waals surface area contributed by atoms with Gasteiger partial charge in [-0.25, -0.2) is 0 Å². The highest BCUT2D eigenvalue weighted by molar-refractivity contribution is 5.72. The Bertz CT molecular complexity index is 389. The fourth-order valence-corrected chi connectivity index (χ4v) is 1.95. The lowest BCUT2D eigenvalue weighted by Gasteiger charge is -2.19. The number of carbonyl (C=O) groups is 1. The van der Waals surface area contributed by atoms with Gasteiger partial charge >= 0.3 is 5.97 Å². The first-order valence-electron chi connectivity index (χ1n) is 6.46. The van der Waals surface area contributed by atoms with Gasteiger partial charge in [-0.2, -0.15) is 0 Å². The summed E-state index contributed by atoms with van der Waals surface area (Å²) in [5, 5.41) is 0. The molecule has 1 rings (SSSR count). The van der Waals surface area contributed by atoms with Crippen molar-refractivity contribution in [1.29, 1.82) is 0 Å². The number of ether oxygens (including phenoxy) is 2. The Kier molecular flexibility index (Phi) is 6.36.